The number of benzene rings is 1. The van der Waals surface area contributed by atoms with E-state index in [1.165, 1.54) is 0 Å². The summed E-state index contributed by atoms with van der Waals surface area (Å²) in [6, 6.07) is 5.66. The van der Waals surface area contributed by atoms with E-state index in [2.05, 4.69) is 10.3 Å². The van der Waals surface area contributed by atoms with Gasteiger partial charge in [0.05, 0.1) is 21.1 Å². The third-order valence-corrected chi connectivity index (χ3v) is 4.67. The van der Waals surface area contributed by atoms with Crippen molar-refractivity contribution < 1.29 is 4.79 Å². The summed E-state index contributed by atoms with van der Waals surface area (Å²) in [5.74, 6) is -0.430. The van der Waals surface area contributed by atoms with Crippen LogP contribution in [0.25, 0.3) is 10.2 Å². The van der Waals surface area contributed by atoms with Crippen LogP contribution in [-0.2, 0) is 4.79 Å². The topological polar surface area (TPSA) is 42.0 Å². The van der Waals surface area contributed by atoms with Crippen molar-refractivity contribution >= 4 is 56.3 Å². The molecule has 0 saturated heterocycles. The van der Waals surface area contributed by atoms with Crippen molar-refractivity contribution in [2.75, 3.05) is 5.32 Å². The Morgan fingerprint density at radius 3 is 2.94 bits per heavy atom. The number of hydrogen-bond acceptors (Lipinski definition) is 3. The van der Waals surface area contributed by atoms with Gasteiger partial charge >= 0.3 is 0 Å². The van der Waals surface area contributed by atoms with Crippen molar-refractivity contribution in [2.24, 2.45) is 5.92 Å². The van der Waals surface area contributed by atoms with E-state index in [1.54, 1.807) is 11.3 Å². The maximum absolute atomic E-state index is 11.8. The molecule has 1 aromatic carbocycles. The number of halogens is 2. The standard InChI is InChI=1S/C12H10Cl2N2OS/c1-6-15-9-3-2-7(4-10(9)18-6)16-11(17)8-5-12(8,13)14/h2-4,8H,5H2,1H3,(H,16,17)/t8-/m1/s1. The molecule has 94 valence electrons. The molecule has 2 aromatic rings. The van der Waals surface area contributed by atoms with Crippen molar-refractivity contribution in [1.29, 1.82) is 0 Å². The van der Waals surface area contributed by atoms with E-state index in [1.807, 2.05) is 25.1 Å². The van der Waals surface area contributed by atoms with Gasteiger partial charge in [-0.15, -0.1) is 34.5 Å². The average Bonchev–Trinajstić information content (AvgIpc) is 2.77. The monoisotopic (exact) mass is 300 g/mol. The van der Waals surface area contributed by atoms with E-state index >= 15 is 0 Å². The molecule has 0 radical (unpaired) electrons. The number of aromatic nitrogens is 1. The molecule has 1 atom stereocenters. The molecular formula is C12H10Cl2N2OS. The zero-order valence-electron chi connectivity index (χ0n) is 9.54. The fourth-order valence-electron chi connectivity index (χ4n) is 1.84. The lowest BCUT2D eigenvalue weighted by atomic mass is 10.3. The molecule has 1 aliphatic carbocycles. The Bertz CT molecular complexity index is 638. The van der Waals surface area contributed by atoms with Gasteiger partial charge in [0.25, 0.3) is 0 Å². The molecule has 3 rings (SSSR count). The summed E-state index contributed by atoms with van der Waals surface area (Å²) in [4.78, 5) is 16.2. The quantitative estimate of drug-likeness (QED) is 0.859. The SMILES string of the molecule is Cc1nc2ccc(NC(=O)[C@H]3CC3(Cl)Cl)cc2s1. The molecule has 0 unspecified atom stereocenters. The second-order valence-electron chi connectivity index (χ2n) is 4.42. The number of nitrogens with one attached hydrogen (secondary N) is 1. The zero-order chi connectivity index (χ0) is 12.9. The molecule has 0 aliphatic heterocycles. The molecule has 1 aromatic heterocycles. The highest BCUT2D eigenvalue weighted by Crippen LogP contribution is 2.53. The van der Waals surface area contributed by atoms with Crippen LogP contribution in [0.4, 0.5) is 5.69 Å². The van der Waals surface area contributed by atoms with Crippen molar-refractivity contribution in [3.05, 3.63) is 23.2 Å². The first-order valence-electron chi connectivity index (χ1n) is 5.51. The van der Waals surface area contributed by atoms with Gasteiger partial charge in [0.15, 0.2) is 0 Å². The molecule has 3 nitrogen and oxygen atoms in total. The van der Waals surface area contributed by atoms with Crippen LogP contribution in [-0.4, -0.2) is 15.2 Å². The number of alkyl halides is 2. The predicted molar refractivity (Wildman–Crippen MR) is 75.5 cm³/mol. The second kappa shape index (κ2) is 4.08. The molecule has 0 bridgehead atoms. The van der Waals surface area contributed by atoms with E-state index in [4.69, 9.17) is 23.2 Å². The summed E-state index contributed by atoms with van der Waals surface area (Å²) >= 11 is 13.3. The summed E-state index contributed by atoms with van der Waals surface area (Å²) < 4.78 is 0.180. The molecule has 0 spiro atoms. The van der Waals surface area contributed by atoms with Crippen LogP contribution in [0.15, 0.2) is 18.2 Å². The lowest BCUT2D eigenvalue weighted by Crippen LogP contribution is -2.16. The number of hydrogen-bond donors (Lipinski definition) is 1. The minimum absolute atomic E-state index is 0.124. The Hall–Kier alpha value is -0.840. The second-order valence-corrected chi connectivity index (χ2v) is 7.20. The minimum atomic E-state index is -0.880. The smallest absolute Gasteiger partial charge is 0.230 e. The van der Waals surface area contributed by atoms with E-state index < -0.39 is 4.33 Å². The van der Waals surface area contributed by atoms with Crippen LogP contribution < -0.4 is 5.32 Å². The molecule has 1 heterocycles. The molecule has 1 amide bonds. The number of anilines is 1. The highest BCUT2D eigenvalue weighted by Gasteiger charge is 2.56. The van der Waals surface area contributed by atoms with Gasteiger partial charge in [0, 0.05) is 5.69 Å². The average molecular weight is 301 g/mol. The fourth-order valence-corrected chi connectivity index (χ4v) is 3.22. The molecule has 1 fully saturated rings. The molecule has 6 heteroatoms. The molecular weight excluding hydrogens is 291 g/mol. The van der Waals surface area contributed by atoms with Crippen molar-refractivity contribution in [2.45, 2.75) is 17.7 Å². The van der Waals surface area contributed by atoms with E-state index in [9.17, 15) is 4.79 Å². The lowest BCUT2D eigenvalue weighted by molar-refractivity contribution is -0.117. The molecule has 1 N–H and O–H groups in total. The van der Waals surface area contributed by atoms with Crippen molar-refractivity contribution in [3.8, 4) is 0 Å². The van der Waals surface area contributed by atoms with Crippen LogP contribution in [0.2, 0.25) is 0 Å². The number of fused-ring (bicyclic) bond motifs is 1. The number of carbonyl (C=O) groups is 1. The largest absolute Gasteiger partial charge is 0.326 e. The van der Waals surface area contributed by atoms with Crippen LogP contribution >= 0.6 is 34.5 Å². The maximum atomic E-state index is 11.8. The number of rotatable bonds is 2. The Labute approximate surface area is 118 Å². The lowest BCUT2D eigenvalue weighted by Gasteiger charge is -2.04. The number of nitrogens with zero attached hydrogens (tertiary/aromatic N) is 1. The summed E-state index contributed by atoms with van der Waals surface area (Å²) in [6.45, 7) is 1.96. The van der Waals surface area contributed by atoms with Crippen LogP contribution in [0, 0.1) is 12.8 Å². The zero-order valence-corrected chi connectivity index (χ0v) is 11.9. The summed E-state index contributed by atoms with van der Waals surface area (Å²) in [7, 11) is 0. The molecule has 1 aliphatic rings. The van der Waals surface area contributed by atoms with Gasteiger partial charge in [-0.3, -0.25) is 4.79 Å². The van der Waals surface area contributed by atoms with Gasteiger partial charge in [-0.25, -0.2) is 4.98 Å². The number of carbonyl (C=O) groups excluding carboxylic acids is 1. The van der Waals surface area contributed by atoms with Gasteiger partial charge in [-0.05, 0) is 31.5 Å². The van der Waals surface area contributed by atoms with Crippen LogP contribution in [0.5, 0.6) is 0 Å². The highest BCUT2D eigenvalue weighted by atomic mass is 35.5. The Morgan fingerprint density at radius 2 is 2.28 bits per heavy atom. The highest BCUT2D eigenvalue weighted by molar-refractivity contribution is 7.18. The fraction of sp³-hybridized carbons (Fsp3) is 0.333. The third-order valence-electron chi connectivity index (χ3n) is 2.91. The Morgan fingerprint density at radius 1 is 1.56 bits per heavy atom. The maximum Gasteiger partial charge on any atom is 0.230 e. The van der Waals surface area contributed by atoms with Gasteiger partial charge < -0.3 is 5.32 Å². The van der Waals surface area contributed by atoms with E-state index in [0.717, 1.165) is 20.9 Å². The minimum Gasteiger partial charge on any atom is -0.326 e. The van der Waals surface area contributed by atoms with E-state index in [0.29, 0.717) is 6.42 Å². The van der Waals surface area contributed by atoms with Gasteiger partial charge in [0.1, 0.15) is 4.33 Å². The molecule has 1 saturated carbocycles. The van der Waals surface area contributed by atoms with Crippen LogP contribution in [0.3, 0.4) is 0 Å². The van der Waals surface area contributed by atoms with E-state index in [-0.39, 0.29) is 11.8 Å². The number of aryl methyl sites for hydroxylation is 1. The summed E-state index contributed by atoms with van der Waals surface area (Å²) in [5.41, 5.74) is 1.71. The third kappa shape index (κ3) is 2.20. The van der Waals surface area contributed by atoms with Gasteiger partial charge in [0.2, 0.25) is 5.91 Å². The first kappa shape index (κ1) is 12.2. The normalized spacial score (nSPS) is 20.9. The summed E-state index contributed by atoms with van der Waals surface area (Å²) in [5, 5.41) is 3.84. The van der Waals surface area contributed by atoms with Crippen molar-refractivity contribution in [3.63, 3.8) is 0 Å². The first-order chi connectivity index (χ1) is 8.45. The molecule has 18 heavy (non-hydrogen) atoms. The number of amides is 1. The van der Waals surface area contributed by atoms with Gasteiger partial charge in [-0.2, -0.15) is 0 Å². The Balaban J connectivity index is 1.80. The predicted octanol–water partition coefficient (Wildman–Crippen LogP) is 3.74. The first-order valence-corrected chi connectivity index (χ1v) is 7.09. The van der Waals surface area contributed by atoms with Crippen molar-refractivity contribution in [1.82, 2.24) is 4.98 Å². The number of thiazole rings is 1. The van der Waals surface area contributed by atoms with Gasteiger partial charge in [-0.1, -0.05) is 0 Å². The van der Waals surface area contributed by atoms with Crippen LogP contribution in [0.1, 0.15) is 11.4 Å². The Kier molecular flexibility index (Phi) is 2.77. The summed E-state index contributed by atoms with van der Waals surface area (Å²) in [6.07, 6.45) is 0.518.